The molecule has 28 heavy (non-hydrogen) atoms. The van der Waals surface area contributed by atoms with E-state index in [0.717, 1.165) is 17.0 Å². The molecule has 1 saturated carbocycles. The Morgan fingerprint density at radius 3 is 2.39 bits per heavy atom. The summed E-state index contributed by atoms with van der Waals surface area (Å²) in [6.07, 6.45) is 1.87. The van der Waals surface area contributed by atoms with Crippen LogP contribution in [0.3, 0.4) is 0 Å². The molecule has 1 aliphatic rings. The van der Waals surface area contributed by atoms with Crippen molar-refractivity contribution in [3.05, 3.63) is 59.7 Å². The van der Waals surface area contributed by atoms with Gasteiger partial charge in [-0.2, -0.15) is 0 Å². The van der Waals surface area contributed by atoms with Crippen molar-refractivity contribution < 1.29 is 14.3 Å². The molecule has 0 spiro atoms. The summed E-state index contributed by atoms with van der Waals surface area (Å²) in [6, 6.07) is 15.6. The van der Waals surface area contributed by atoms with Gasteiger partial charge in [-0.3, -0.25) is 9.59 Å². The molecule has 1 aliphatic carbocycles. The maximum absolute atomic E-state index is 12.7. The highest BCUT2D eigenvalue weighted by molar-refractivity contribution is 6.13. The molecule has 148 valence electrons. The van der Waals surface area contributed by atoms with E-state index in [9.17, 15) is 9.59 Å². The van der Waals surface area contributed by atoms with Gasteiger partial charge in [-0.1, -0.05) is 38.1 Å². The van der Waals surface area contributed by atoms with Gasteiger partial charge in [0.1, 0.15) is 11.2 Å². The van der Waals surface area contributed by atoms with E-state index in [1.165, 1.54) is 5.56 Å². The van der Waals surface area contributed by atoms with E-state index in [4.69, 9.17) is 4.74 Å². The minimum Gasteiger partial charge on any atom is -0.497 e. The van der Waals surface area contributed by atoms with Crippen molar-refractivity contribution in [2.24, 2.45) is 5.41 Å². The molecule has 5 heteroatoms. The molecule has 2 amide bonds. The molecule has 0 aromatic heterocycles. The van der Waals surface area contributed by atoms with E-state index in [1.807, 2.05) is 48.5 Å². The number of nitrogens with one attached hydrogen (secondary N) is 2. The molecule has 1 fully saturated rings. The fraction of sp³-hybridized carbons (Fsp3) is 0.391. The SMILES string of the molecule is COc1cccc(CCNC(=O)C2(C(=O)Nc3ccc(C(C)C)cc3)CC2)c1. The fourth-order valence-corrected chi connectivity index (χ4v) is 3.20. The summed E-state index contributed by atoms with van der Waals surface area (Å²) in [5.41, 5.74) is 2.10. The number of hydrogen-bond donors (Lipinski definition) is 2. The van der Waals surface area contributed by atoms with Crippen LogP contribution in [0.25, 0.3) is 0 Å². The first kappa shape index (κ1) is 19.9. The molecule has 0 bridgehead atoms. The molecule has 0 atom stereocenters. The highest BCUT2D eigenvalue weighted by atomic mass is 16.5. The minimum atomic E-state index is -0.925. The first-order valence-electron chi connectivity index (χ1n) is 9.77. The molecule has 0 aliphatic heterocycles. The van der Waals surface area contributed by atoms with E-state index >= 15 is 0 Å². The summed E-state index contributed by atoms with van der Waals surface area (Å²) in [7, 11) is 1.63. The monoisotopic (exact) mass is 380 g/mol. The Labute approximate surface area is 166 Å². The topological polar surface area (TPSA) is 67.4 Å². The van der Waals surface area contributed by atoms with Crippen molar-refractivity contribution in [3.8, 4) is 5.75 Å². The van der Waals surface area contributed by atoms with Gasteiger partial charge in [-0.05, 0) is 60.6 Å². The molecule has 0 unspecified atom stereocenters. The van der Waals surface area contributed by atoms with E-state index in [1.54, 1.807) is 7.11 Å². The third-order valence-electron chi connectivity index (χ3n) is 5.29. The zero-order valence-corrected chi connectivity index (χ0v) is 16.7. The van der Waals surface area contributed by atoms with Crippen LogP contribution in [0.2, 0.25) is 0 Å². The third-order valence-corrected chi connectivity index (χ3v) is 5.29. The van der Waals surface area contributed by atoms with Gasteiger partial charge < -0.3 is 15.4 Å². The summed E-state index contributed by atoms with van der Waals surface area (Å²) in [6.45, 7) is 4.75. The summed E-state index contributed by atoms with van der Waals surface area (Å²) in [5, 5.41) is 5.82. The van der Waals surface area contributed by atoms with Crippen molar-refractivity contribution in [3.63, 3.8) is 0 Å². The van der Waals surface area contributed by atoms with Gasteiger partial charge in [0.15, 0.2) is 0 Å². The zero-order chi connectivity index (χ0) is 20.1. The number of benzene rings is 2. The molecule has 5 nitrogen and oxygen atoms in total. The van der Waals surface area contributed by atoms with Crippen LogP contribution in [-0.4, -0.2) is 25.5 Å². The molecular weight excluding hydrogens is 352 g/mol. The first-order chi connectivity index (χ1) is 13.4. The van der Waals surface area contributed by atoms with Gasteiger partial charge in [-0.15, -0.1) is 0 Å². The van der Waals surface area contributed by atoms with Crippen LogP contribution in [0.5, 0.6) is 5.75 Å². The average molecular weight is 380 g/mol. The van der Waals surface area contributed by atoms with Gasteiger partial charge in [0.25, 0.3) is 0 Å². The number of hydrogen-bond acceptors (Lipinski definition) is 3. The molecule has 0 radical (unpaired) electrons. The van der Waals surface area contributed by atoms with Crippen LogP contribution in [0.1, 0.15) is 43.7 Å². The Kier molecular flexibility index (Phi) is 6.02. The van der Waals surface area contributed by atoms with Crippen molar-refractivity contribution in [1.29, 1.82) is 0 Å². The average Bonchev–Trinajstić information content (AvgIpc) is 3.50. The van der Waals surface area contributed by atoms with Crippen LogP contribution in [0.15, 0.2) is 48.5 Å². The Balaban J connectivity index is 1.53. The summed E-state index contributed by atoms with van der Waals surface area (Å²) in [5.74, 6) is 0.829. The Morgan fingerprint density at radius 1 is 1.07 bits per heavy atom. The molecular formula is C23H28N2O3. The molecule has 0 heterocycles. The predicted molar refractivity (Wildman–Crippen MR) is 111 cm³/mol. The predicted octanol–water partition coefficient (Wildman–Crippen LogP) is 3.90. The fourth-order valence-electron chi connectivity index (χ4n) is 3.20. The van der Waals surface area contributed by atoms with Crippen molar-refractivity contribution in [1.82, 2.24) is 5.32 Å². The second-order valence-corrected chi connectivity index (χ2v) is 7.67. The molecule has 2 aromatic carbocycles. The number of anilines is 1. The number of carbonyl (C=O) groups excluding carboxylic acids is 2. The van der Waals surface area contributed by atoms with Gasteiger partial charge >= 0.3 is 0 Å². The standard InChI is InChI=1S/C23H28N2O3/c1-16(2)18-7-9-19(10-8-18)25-22(27)23(12-13-23)21(26)24-14-11-17-5-4-6-20(15-17)28-3/h4-10,15-16H,11-14H2,1-3H3,(H,24,26)(H,25,27). The normalized spacial score (nSPS) is 14.4. The molecule has 0 saturated heterocycles. The number of methoxy groups -OCH3 is 1. The van der Waals surface area contributed by atoms with Crippen molar-refractivity contribution in [2.45, 2.75) is 39.0 Å². The highest BCUT2D eigenvalue weighted by Crippen LogP contribution is 2.46. The highest BCUT2D eigenvalue weighted by Gasteiger charge is 2.56. The summed E-state index contributed by atoms with van der Waals surface area (Å²) in [4.78, 5) is 25.3. The van der Waals surface area contributed by atoms with Crippen molar-refractivity contribution >= 4 is 17.5 Å². The second kappa shape index (κ2) is 8.46. The van der Waals surface area contributed by atoms with Gasteiger partial charge in [0, 0.05) is 12.2 Å². The van der Waals surface area contributed by atoms with Gasteiger partial charge in [0.05, 0.1) is 7.11 Å². The second-order valence-electron chi connectivity index (χ2n) is 7.67. The van der Waals surface area contributed by atoms with Crippen LogP contribution >= 0.6 is 0 Å². The number of ether oxygens (including phenoxy) is 1. The lowest BCUT2D eigenvalue weighted by Gasteiger charge is -2.16. The molecule has 2 N–H and O–H groups in total. The minimum absolute atomic E-state index is 0.188. The molecule has 2 aromatic rings. The van der Waals surface area contributed by atoms with E-state index in [-0.39, 0.29) is 11.8 Å². The summed E-state index contributed by atoms with van der Waals surface area (Å²) >= 11 is 0. The lowest BCUT2D eigenvalue weighted by molar-refractivity contribution is -0.134. The Bertz CT molecular complexity index is 839. The van der Waals surface area contributed by atoms with E-state index in [2.05, 4.69) is 24.5 Å². The maximum Gasteiger partial charge on any atom is 0.240 e. The number of carbonyl (C=O) groups is 2. The largest absolute Gasteiger partial charge is 0.497 e. The lowest BCUT2D eigenvalue weighted by atomic mass is 10.0. The lowest BCUT2D eigenvalue weighted by Crippen LogP contribution is -2.40. The Hall–Kier alpha value is -2.82. The maximum atomic E-state index is 12.7. The van der Waals surface area contributed by atoms with Gasteiger partial charge in [-0.25, -0.2) is 0 Å². The first-order valence-corrected chi connectivity index (χ1v) is 9.77. The van der Waals surface area contributed by atoms with E-state index in [0.29, 0.717) is 31.7 Å². The smallest absolute Gasteiger partial charge is 0.240 e. The number of amides is 2. The number of rotatable bonds is 8. The molecule has 3 rings (SSSR count). The van der Waals surface area contributed by atoms with Crippen LogP contribution < -0.4 is 15.4 Å². The van der Waals surface area contributed by atoms with Crippen LogP contribution in [0, 0.1) is 5.41 Å². The van der Waals surface area contributed by atoms with Crippen LogP contribution in [0.4, 0.5) is 5.69 Å². The quantitative estimate of drug-likeness (QED) is 0.683. The van der Waals surface area contributed by atoms with Crippen LogP contribution in [-0.2, 0) is 16.0 Å². The van der Waals surface area contributed by atoms with Gasteiger partial charge in [0.2, 0.25) is 11.8 Å². The third kappa shape index (κ3) is 4.53. The van der Waals surface area contributed by atoms with E-state index < -0.39 is 5.41 Å². The zero-order valence-electron chi connectivity index (χ0n) is 16.7. The summed E-state index contributed by atoms with van der Waals surface area (Å²) < 4.78 is 5.21. The Morgan fingerprint density at radius 2 is 1.79 bits per heavy atom. The van der Waals surface area contributed by atoms with Crippen molar-refractivity contribution in [2.75, 3.05) is 19.0 Å².